The number of rotatable bonds is 3. The van der Waals surface area contributed by atoms with Gasteiger partial charge in [-0.2, -0.15) is 11.8 Å². The molecule has 1 N–H and O–H groups in total. The molecule has 0 aliphatic carbocycles. The molecule has 94 valence electrons. The van der Waals surface area contributed by atoms with Crippen LogP contribution in [-0.2, 0) is 10.5 Å². The molecule has 1 aromatic heterocycles. The molecular formula is C11H17N3O2S. The Morgan fingerprint density at radius 2 is 2.12 bits per heavy atom. The molecule has 0 saturated heterocycles. The molecule has 0 fully saturated rings. The zero-order valence-electron chi connectivity index (χ0n) is 10.5. The Morgan fingerprint density at radius 1 is 1.41 bits per heavy atom. The monoisotopic (exact) mass is 255 g/mol. The van der Waals surface area contributed by atoms with Crippen molar-refractivity contribution in [1.29, 1.82) is 0 Å². The first-order chi connectivity index (χ1) is 7.90. The van der Waals surface area contributed by atoms with Gasteiger partial charge in [-0.25, -0.2) is 9.78 Å². The summed E-state index contributed by atoms with van der Waals surface area (Å²) in [5, 5.41) is 2.53. The summed E-state index contributed by atoms with van der Waals surface area (Å²) < 4.78 is 5.10. The average molecular weight is 255 g/mol. The number of anilines is 1. The highest BCUT2D eigenvalue weighted by Gasteiger charge is 2.16. The lowest BCUT2D eigenvalue weighted by atomic mass is 10.2. The third-order valence-electron chi connectivity index (χ3n) is 1.63. The summed E-state index contributed by atoms with van der Waals surface area (Å²) in [6, 6.07) is 0. The van der Waals surface area contributed by atoms with Crippen LogP contribution in [0, 0.1) is 0 Å². The molecule has 0 aliphatic rings. The van der Waals surface area contributed by atoms with Crippen LogP contribution >= 0.6 is 11.8 Å². The molecule has 0 spiro atoms. The maximum Gasteiger partial charge on any atom is 0.413 e. The lowest BCUT2D eigenvalue weighted by molar-refractivity contribution is 0.0635. The minimum atomic E-state index is -0.524. The lowest BCUT2D eigenvalue weighted by Crippen LogP contribution is -2.27. The van der Waals surface area contributed by atoms with E-state index in [-0.39, 0.29) is 0 Å². The highest BCUT2D eigenvalue weighted by atomic mass is 32.2. The van der Waals surface area contributed by atoms with Crippen LogP contribution in [0.25, 0.3) is 0 Å². The van der Waals surface area contributed by atoms with Gasteiger partial charge in [0.05, 0.1) is 18.1 Å². The number of amides is 1. The molecule has 1 rings (SSSR count). The van der Waals surface area contributed by atoms with E-state index < -0.39 is 11.7 Å². The van der Waals surface area contributed by atoms with Gasteiger partial charge in [-0.3, -0.25) is 10.3 Å². The highest BCUT2D eigenvalue weighted by Crippen LogP contribution is 2.10. The second kappa shape index (κ2) is 5.86. The number of carbonyl (C=O) groups is 1. The molecule has 1 amide bonds. The van der Waals surface area contributed by atoms with E-state index in [1.807, 2.05) is 6.26 Å². The van der Waals surface area contributed by atoms with E-state index in [0.717, 1.165) is 11.4 Å². The van der Waals surface area contributed by atoms with Crippen LogP contribution in [0.15, 0.2) is 12.4 Å². The van der Waals surface area contributed by atoms with Crippen LogP contribution in [-0.4, -0.2) is 27.9 Å². The van der Waals surface area contributed by atoms with E-state index >= 15 is 0 Å². The first-order valence-corrected chi connectivity index (χ1v) is 6.60. The van der Waals surface area contributed by atoms with Crippen molar-refractivity contribution in [3.8, 4) is 0 Å². The first-order valence-electron chi connectivity index (χ1n) is 5.20. The van der Waals surface area contributed by atoms with Gasteiger partial charge >= 0.3 is 6.09 Å². The number of carbonyl (C=O) groups excluding carboxylic acids is 1. The SMILES string of the molecule is CSCc1cnc(NC(=O)OC(C)(C)C)cn1. The normalized spacial score (nSPS) is 11.1. The van der Waals surface area contributed by atoms with Gasteiger partial charge in [0.25, 0.3) is 0 Å². The number of thioether (sulfide) groups is 1. The smallest absolute Gasteiger partial charge is 0.413 e. The Kier molecular flexibility index (Phi) is 4.74. The van der Waals surface area contributed by atoms with Gasteiger partial charge in [-0.1, -0.05) is 0 Å². The van der Waals surface area contributed by atoms with Gasteiger partial charge in [-0.05, 0) is 27.0 Å². The third-order valence-corrected chi connectivity index (χ3v) is 2.21. The molecule has 5 nitrogen and oxygen atoms in total. The fraction of sp³-hybridized carbons (Fsp3) is 0.545. The molecule has 6 heteroatoms. The average Bonchev–Trinajstić information content (AvgIpc) is 2.18. The molecular weight excluding hydrogens is 238 g/mol. The Balaban J connectivity index is 2.54. The number of nitrogens with one attached hydrogen (secondary N) is 1. The molecule has 0 saturated carbocycles. The minimum absolute atomic E-state index is 0.393. The van der Waals surface area contributed by atoms with Gasteiger partial charge in [-0.15, -0.1) is 0 Å². The van der Waals surface area contributed by atoms with Crippen molar-refractivity contribution in [1.82, 2.24) is 9.97 Å². The largest absolute Gasteiger partial charge is 0.444 e. The molecule has 17 heavy (non-hydrogen) atoms. The fourth-order valence-corrected chi connectivity index (χ4v) is 1.49. The Labute approximate surface area is 105 Å². The van der Waals surface area contributed by atoms with Crippen LogP contribution in [0.5, 0.6) is 0 Å². The predicted molar refractivity (Wildman–Crippen MR) is 69.1 cm³/mol. The van der Waals surface area contributed by atoms with E-state index in [9.17, 15) is 4.79 Å². The van der Waals surface area contributed by atoms with E-state index in [1.165, 1.54) is 6.20 Å². The molecule has 0 unspecified atom stereocenters. The quantitative estimate of drug-likeness (QED) is 0.899. The van der Waals surface area contributed by atoms with E-state index in [2.05, 4.69) is 15.3 Å². The number of hydrogen-bond donors (Lipinski definition) is 1. The van der Waals surface area contributed by atoms with Crippen molar-refractivity contribution < 1.29 is 9.53 Å². The summed E-state index contributed by atoms with van der Waals surface area (Å²) in [4.78, 5) is 19.7. The van der Waals surface area contributed by atoms with Gasteiger partial charge in [0.2, 0.25) is 0 Å². The fourth-order valence-electron chi connectivity index (χ4n) is 1.05. The minimum Gasteiger partial charge on any atom is -0.444 e. The van der Waals surface area contributed by atoms with Gasteiger partial charge in [0, 0.05) is 5.75 Å². The predicted octanol–water partition coefficient (Wildman–Crippen LogP) is 2.69. The summed E-state index contributed by atoms with van der Waals surface area (Å²) in [6.45, 7) is 5.42. The van der Waals surface area contributed by atoms with Crippen molar-refractivity contribution in [2.24, 2.45) is 0 Å². The van der Waals surface area contributed by atoms with Crippen molar-refractivity contribution >= 4 is 23.7 Å². The summed E-state index contributed by atoms with van der Waals surface area (Å²) in [7, 11) is 0. The lowest BCUT2D eigenvalue weighted by Gasteiger charge is -2.19. The standard InChI is InChI=1S/C11H17N3O2S/c1-11(2,3)16-10(15)14-9-6-12-8(5-13-9)7-17-4/h5-6H,7H2,1-4H3,(H,13,14,15). The second-order valence-electron chi connectivity index (χ2n) is 4.45. The maximum atomic E-state index is 11.4. The zero-order valence-corrected chi connectivity index (χ0v) is 11.3. The van der Waals surface area contributed by atoms with E-state index in [0.29, 0.717) is 5.82 Å². The van der Waals surface area contributed by atoms with Crippen LogP contribution in [0.4, 0.5) is 10.6 Å². The molecule has 0 atom stereocenters. The van der Waals surface area contributed by atoms with Gasteiger partial charge in [0.1, 0.15) is 5.60 Å². The van der Waals surface area contributed by atoms with Gasteiger partial charge < -0.3 is 4.74 Å². The number of ether oxygens (including phenoxy) is 1. The molecule has 1 aromatic rings. The molecule has 0 bridgehead atoms. The topological polar surface area (TPSA) is 64.1 Å². The van der Waals surface area contributed by atoms with Crippen LogP contribution in [0.1, 0.15) is 26.5 Å². The third kappa shape index (κ3) is 5.53. The number of aromatic nitrogens is 2. The zero-order chi connectivity index (χ0) is 12.9. The second-order valence-corrected chi connectivity index (χ2v) is 5.32. The van der Waals surface area contributed by atoms with Crippen LogP contribution in [0.3, 0.4) is 0 Å². The number of nitrogens with zero attached hydrogens (tertiary/aromatic N) is 2. The highest BCUT2D eigenvalue weighted by molar-refractivity contribution is 7.97. The Bertz CT molecular complexity index is 373. The van der Waals surface area contributed by atoms with E-state index in [1.54, 1.807) is 38.7 Å². The van der Waals surface area contributed by atoms with Crippen LogP contribution < -0.4 is 5.32 Å². The van der Waals surface area contributed by atoms with Crippen molar-refractivity contribution in [3.05, 3.63) is 18.1 Å². The first kappa shape index (κ1) is 13.8. The molecule has 1 heterocycles. The van der Waals surface area contributed by atoms with Crippen molar-refractivity contribution in [2.45, 2.75) is 32.1 Å². The maximum absolute atomic E-state index is 11.4. The summed E-state index contributed by atoms with van der Waals surface area (Å²) in [5.74, 6) is 1.20. The Hall–Kier alpha value is -1.30. The summed E-state index contributed by atoms with van der Waals surface area (Å²) >= 11 is 1.67. The summed E-state index contributed by atoms with van der Waals surface area (Å²) in [6.07, 6.45) is 4.64. The van der Waals surface area contributed by atoms with Crippen LogP contribution in [0.2, 0.25) is 0 Å². The van der Waals surface area contributed by atoms with Gasteiger partial charge in [0.15, 0.2) is 5.82 Å². The summed E-state index contributed by atoms with van der Waals surface area (Å²) in [5.41, 5.74) is 0.364. The molecule has 0 aliphatic heterocycles. The Morgan fingerprint density at radius 3 is 2.59 bits per heavy atom. The molecule has 0 radical (unpaired) electrons. The number of hydrogen-bond acceptors (Lipinski definition) is 5. The van der Waals surface area contributed by atoms with E-state index in [4.69, 9.17) is 4.74 Å². The molecule has 0 aromatic carbocycles. The van der Waals surface area contributed by atoms with Crippen molar-refractivity contribution in [2.75, 3.05) is 11.6 Å². The van der Waals surface area contributed by atoms with Crippen molar-refractivity contribution in [3.63, 3.8) is 0 Å².